The first-order chi connectivity index (χ1) is 14.6. The molecule has 0 aliphatic heterocycles. The van der Waals surface area contributed by atoms with Gasteiger partial charge in [-0.25, -0.2) is 0 Å². The quantitative estimate of drug-likeness (QED) is 0.388. The van der Waals surface area contributed by atoms with Gasteiger partial charge in [-0.2, -0.15) is 0 Å². The van der Waals surface area contributed by atoms with Crippen LogP contribution >= 0.6 is 27.7 Å². The highest BCUT2D eigenvalue weighted by molar-refractivity contribution is 9.10. The van der Waals surface area contributed by atoms with Crippen molar-refractivity contribution in [3.63, 3.8) is 0 Å². The van der Waals surface area contributed by atoms with Gasteiger partial charge in [0.25, 0.3) is 0 Å². The van der Waals surface area contributed by atoms with E-state index >= 15 is 0 Å². The number of hydrogen-bond acceptors (Lipinski definition) is 5. The third-order valence-corrected chi connectivity index (χ3v) is 5.96. The fourth-order valence-electron chi connectivity index (χ4n) is 2.86. The Labute approximate surface area is 186 Å². The Morgan fingerprint density at radius 3 is 2.50 bits per heavy atom. The van der Waals surface area contributed by atoms with Gasteiger partial charge in [0.15, 0.2) is 11.0 Å². The van der Waals surface area contributed by atoms with E-state index in [1.54, 1.807) is 12.4 Å². The number of para-hydroxylation sites is 1. The SMILES string of the molecule is Cc1ccc(-n2c(SCC(=O)Nc3ccccc3Br)nnc2-c2ccncc2)cc1. The Kier molecular flexibility index (Phi) is 6.25. The van der Waals surface area contributed by atoms with Gasteiger partial charge in [0, 0.05) is 28.1 Å². The first-order valence-electron chi connectivity index (χ1n) is 9.22. The van der Waals surface area contributed by atoms with Crippen LogP contribution in [0.5, 0.6) is 0 Å². The summed E-state index contributed by atoms with van der Waals surface area (Å²) in [4.78, 5) is 16.6. The zero-order valence-electron chi connectivity index (χ0n) is 16.1. The van der Waals surface area contributed by atoms with Crippen molar-refractivity contribution in [3.8, 4) is 17.1 Å². The van der Waals surface area contributed by atoms with Crippen molar-refractivity contribution < 1.29 is 4.79 Å². The molecule has 4 aromatic rings. The summed E-state index contributed by atoms with van der Waals surface area (Å²) < 4.78 is 2.80. The molecule has 0 saturated heterocycles. The van der Waals surface area contributed by atoms with Crippen LogP contribution in [0.15, 0.2) is 82.7 Å². The number of carbonyl (C=O) groups is 1. The highest BCUT2D eigenvalue weighted by Crippen LogP contribution is 2.28. The van der Waals surface area contributed by atoms with Gasteiger partial charge < -0.3 is 5.32 Å². The van der Waals surface area contributed by atoms with E-state index in [0.717, 1.165) is 21.4 Å². The van der Waals surface area contributed by atoms with Crippen molar-refractivity contribution in [1.29, 1.82) is 0 Å². The Morgan fingerprint density at radius 2 is 1.77 bits per heavy atom. The maximum absolute atomic E-state index is 12.5. The monoisotopic (exact) mass is 479 g/mol. The molecule has 0 spiro atoms. The lowest BCUT2D eigenvalue weighted by Gasteiger charge is -2.11. The number of anilines is 1. The predicted molar refractivity (Wildman–Crippen MR) is 123 cm³/mol. The first-order valence-corrected chi connectivity index (χ1v) is 11.0. The van der Waals surface area contributed by atoms with Gasteiger partial charge in [-0.05, 0) is 59.3 Å². The van der Waals surface area contributed by atoms with Crippen LogP contribution in [0.3, 0.4) is 0 Å². The van der Waals surface area contributed by atoms with Crippen LogP contribution in [0, 0.1) is 6.92 Å². The summed E-state index contributed by atoms with van der Waals surface area (Å²) in [6, 6.07) is 19.4. The van der Waals surface area contributed by atoms with Crippen LogP contribution in [-0.2, 0) is 4.79 Å². The standard InChI is InChI=1S/C22H18BrN5OS/c1-15-6-8-17(9-7-15)28-21(16-10-12-24-13-11-16)26-27-22(28)30-14-20(29)25-19-5-3-2-4-18(19)23/h2-13H,14H2,1H3,(H,25,29). The van der Waals surface area contributed by atoms with E-state index in [2.05, 4.69) is 36.4 Å². The number of benzene rings is 2. The topological polar surface area (TPSA) is 72.7 Å². The summed E-state index contributed by atoms with van der Waals surface area (Å²) in [5, 5.41) is 12.3. The van der Waals surface area contributed by atoms with Crippen molar-refractivity contribution in [2.45, 2.75) is 12.1 Å². The minimum atomic E-state index is -0.115. The highest BCUT2D eigenvalue weighted by atomic mass is 79.9. The normalized spacial score (nSPS) is 10.7. The average Bonchev–Trinajstić information content (AvgIpc) is 3.19. The van der Waals surface area contributed by atoms with Gasteiger partial charge >= 0.3 is 0 Å². The van der Waals surface area contributed by atoms with Crippen molar-refractivity contribution in [2.75, 3.05) is 11.1 Å². The second-order valence-corrected chi connectivity index (χ2v) is 8.33. The number of rotatable bonds is 6. The van der Waals surface area contributed by atoms with Gasteiger partial charge in [0.05, 0.1) is 11.4 Å². The lowest BCUT2D eigenvalue weighted by atomic mass is 10.2. The molecule has 2 heterocycles. The number of nitrogens with one attached hydrogen (secondary N) is 1. The van der Waals surface area contributed by atoms with Crippen LogP contribution in [0.25, 0.3) is 17.1 Å². The predicted octanol–water partition coefficient (Wildman–Crippen LogP) is 5.13. The summed E-state index contributed by atoms with van der Waals surface area (Å²) in [6.07, 6.45) is 3.45. The minimum absolute atomic E-state index is 0.115. The van der Waals surface area contributed by atoms with E-state index in [-0.39, 0.29) is 11.7 Å². The van der Waals surface area contributed by atoms with Gasteiger partial charge in [-0.1, -0.05) is 41.6 Å². The molecule has 1 N–H and O–H groups in total. The summed E-state index contributed by atoms with van der Waals surface area (Å²) in [7, 11) is 0. The number of nitrogens with zero attached hydrogens (tertiary/aromatic N) is 4. The number of aryl methyl sites for hydroxylation is 1. The molecular formula is C22H18BrN5OS. The van der Waals surface area contributed by atoms with Crippen LogP contribution in [0.2, 0.25) is 0 Å². The largest absolute Gasteiger partial charge is 0.324 e. The molecule has 0 bridgehead atoms. The molecule has 0 radical (unpaired) electrons. The van der Waals surface area contributed by atoms with Crippen LogP contribution in [-0.4, -0.2) is 31.4 Å². The van der Waals surface area contributed by atoms with E-state index in [4.69, 9.17) is 0 Å². The first kappa shape index (κ1) is 20.3. The zero-order chi connectivity index (χ0) is 20.9. The highest BCUT2D eigenvalue weighted by Gasteiger charge is 2.17. The molecule has 0 atom stereocenters. The van der Waals surface area contributed by atoms with Crippen LogP contribution in [0.1, 0.15) is 5.56 Å². The maximum atomic E-state index is 12.5. The zero-order valence-corrected chi connectivity index (χ0v) is 18.5. The van der Waals surface area contributed by atoms with Gasteiger partial charge in [-0.15, -0.1) is 10.2 Å². The molecule has 0 unspecified atom stereocenters. The summed E-state index contributed by atoms with van der Waals surface area (Å²) in [5.74, 6) is 0.799. The Morgan fingerprint density at radius 1 is 1.03 bits per heavy atom. The van der Waals surface area contributed by atoms with Crippen molar-refractivity contribution in [1.82, 2.24) is 19.7 Å². The lowest BCUT2D eigenvalue weighted by molar-refractivity contribution is -0.113. The van der Waals surface area contributed by atoms with Crippen LogP contribution in [0.4, 0.5) is 5.69 Å². The number of pyridine rings is 1. The number of halogens is 1. The molecule has 4 rings (SSSR count). The third-order valence-electron chi connectivity index (χ3n) is 4.34. The summed E-state index contributed by atoms with van der Waals surface area (Å²) in [6.45, 7) is 2.04. The molecule has 2 aromatic carbocycles. The second-order valence-electron chi connectivity index (χ2n) is 6.53. The fourth-order valence-corrected chi connectivity index (χ4v) is 3.99. The van der Waals surface area contributed by atoms with Gasteiger partial charge in [0.2, 0.25) is 5.91 Å². The fraction of sp³-hybridized carbons (Fsp3) is 0.0909. The molecule has 0 aliphatic carbocycles. The maximum Gasteiger partial charge on any atom is 0.234 e. The second kappa shape index (κ2) is 9.23. The average molecular weight is 480 g/mol. The molecule has 30 heavy (non-hydrogen) atoms. The Balaban J connectivity index is 1.60. The van der Waals surface area contributed by atoms with Crippen molar-refractivity contribution in [3.05, 3.63) is 83.1 Å². The summed E-state index contributed by atoms with van der Waals surface area (Å²) in [5.41, 5.74) is 3.74. The smallest absolute Gasteiger partial charge is 0.234 e. The number of aromatic nitrogens is 4. The minimum Gasteiger partial charge on any atom is -0.324 e. The summed E-state index contributed by atoms with van der Waals surface area (Å²) >= 11 is 4.79. The molecule has 0 aliphatic rings. The molecule has 8 heteroatoms. The van der Waals surface area contributed by atoms with E-state index in [0.29, 0.717) is 11.0 Å². The number of thioether (sulfide) groups is 1. The molecule has 2 aromatic heterocycles. The molecule has 6 nitrogen and oxygen atoms in total. The molecule has 0 saturated carbocycles. The number of hydrogen-bond donors (Lipinski definition) is 1. The Bertz CT molecular complexity index is 1160. The molecule has 150 valence electrons. The number of amides is 1. The van der Waals surface area contributed by atoms with Crippen molar-refractivity contribution >= 4 is 39.3 Å². The van der Waals surface area contributed by atoms with Crippen LogP contribution < -0.4 is 5.32 Å². The number of carbonyl (C=O) groups excluding carboxylic acids is 1. The van der Waals surface area contributed by atoms with E-state index in [9.17, 15) is 4.79 Å². The molecule has 0 fully saturated rings. The van der Waals surface area contributed by atoms with E-state index < -0.39 is 0 Å². The van der Waals surface area contributed by atoms with Crippen molar-refractivity contribution in [2.24, 2.45) is 0 Å². The van der Waals surface area contributed by atoms with Gasteiger partial charge in [0.1, 0.15) is 0 Å². The lowest BCUT2D eigenvalue weighted by Crippen LogP contribution is -2.15. The van der Waals surface area contributed by atoms with E-state index in [1.807, 2.05) is 72.2 Å². The van der Waals surface area contributed by atoms with Gasteiger partial charge in [-0.3, -0.25) is 14.3 Å². The molecule has 1 amide bonds. The third kappa shape index (κ3) is 4.60. The van der Waals surface area contributed by atoms with E-state index in [1.165, 1.54) is 17.3 Å². The Hall–Kier alpha value is -2.97. The molecular weight excluding hydrogens is 462 g/mol.